The largest absolute Gasteiger partial charge is 0.369 e. The van der Waals surface area contributed by atoms with Gasteiger partial charge in [0.15, 0.2) is 5.96 Å². The molecule has 0 aromatic heterocycles. The number of nitrogens with zero attached hydrogens (tertiary/aromatic N) is 3. The molecule has 1 aromatic rings. The van der Waals surface area contributed by atoms with Gasteiger partial charge in [0.05, 0.1) is 6.54 Å². The highest BCUT2D eigenvalue weighted by atomic mass is 35.5. The molecule has 3 rings (SSSR count). The van der Waals surface area contributed by atoms with E-state index in [4.69, 9.17) is 16.6 Å². The van der Waals surface area contributed by atoms with Gasteiger partial charge in [0.25, 0.3) is 0 Å². The van der Waals surface area contributed by atoms with Crippen LogP contribution in [0.3, 0.4) is 0 Å². The van der Waals surface area contributed by atoms with Crippen molar-refractivity contribution in [3.63, 3.8) is 0 Å². The maximum Gasteiger partial charge on any atom is 0.191 e. The average molecular weight is 376 g/mol. The zero-order chi connectivity index (χ0) is 18.4. The van der Waals surface area contributed by atoms with E-state index in [1.807, 2.05) is 12.1 Å². The smallest absolute Gasteiger partial charge is 0.191 e. The molecule has 0 saturated carbocycles. The third-order valence-corrected chi connectivity index (χ3v) is 5.38. The van der Waals surface area contributed by atoms with Crippen LogP contribution in [0.1, 0.15) is 25.3 Å². The van der Waals surface area contributed by atoms with Crippen LogP contribution < -0.4 is 15.5 Å². The molecule has 0 unspecified atom stereocenters. The summed E-state index contributed by atoms with van der Waals surface area (Å²) >= 11 is 6.55. The Kier molecular flexibility index (Phi) is 6.80. The minimum absolute atomic E-state index is 0.441. The van der Waals surface area contributed by atoms with Crippen molar-refractivity contribution < 1.29 is 0 Å². The van der Waals surface area contributed by atoms with Gasteiger partial charge in [-0.15, -0.1) is 0 Å². The maximum atomic E-state index is 6.55. The quantitative estimate of drug-likeness (QED) is 0.472. The number of rotatable bonds is 5. The first kappa shape index (κ1) is 19.1. The van der Waals surface area contributed by atoms with Gasteiger partial charge < -0.3 is 20.4 Å². The van der Waals surface area contributed by atoms with Crippen LogP contribution >= 0.6 is 11.6 Å². The van der Waals surface area contributed by atoms with Crippen molar-refractivity contribution in [1.82, 2.24) is 15.5 Å². The van der Waals surface area contributed by atoms with Crippen LogP contribution in [0.2, 0.25) is 5.02 Å². The van der Waals surface area contributed by atoms with Crippen molar-refractivity contribution >= 4 is 23.2 Å². The summed E-state index contributed by atoms with van der Waals surface area (Å²) in [7, 11) is 2.17. The molecule has 0 bridgehead atoms. The Labute approximate surface area is 162 Å². The lowest BCUT2D eigenvalue weighted by molar-refractivity contribution is 0.312. The molecule has 1 heterocycles. The predicted octanol–water partition coefficient (Wildman–Crippen LogP) is 2.87. The van der Waals surface area contributed by atoms with Crippen LogP contribution in [0.25, 0.3) is 0 Å². The van der Waals surface area contributed by atoms with Crippen LogP contribution in [0.4, 0.5) is 5.69 Å². The number of piperazine rings is 1. The third-order valence-electron chi connectivity index (χ3n) is 5.03. The number of aliphatic imine (C=N–C) groups is 1. The Bertz CT molecular complexity index is 642. The van der Waals surface area contributed by atoms with E-state index >= 15 is 0 Å². The first-order chi connectivity index (χ1) is 12.7. The van der Waals surface area contributed by atoms with Crippen molar-refractivity contribution in [1.29, 1.82) is 0 Å². The summed E-state index contributed by atoms with van der Waals surface area (Å²) in [5.74, 6) is 0.866. The maximum absolute atomic E-state index is 6.55. The van der Waals surface area contributed by atoms with Crippen molar-refractivity contribution in [2.24, 2.45) is 4.99 Å². The standard InChI is InChI=1S/C20H30ClN5/c1-3-22-20(24-16-7-4-5-8-16)23-15-17-18(21)9-6-10-19(17)26-13-11-25(2)12-14-26/h4-6,9-10,16H,3,7-8,11-15H2,1-2H3,(H2,22,23,24). The van der Waals surface area contributed by atoms with Crippen LogP contribution in [0.15, 0.2) is 35.3 Å². The average Bonchev–Trinajstić information content (AvgIpc) is 3.14. The molecule has 1 saturated heterocycles. The van der Waals surface area contributed by atoms with E-state index in [1.165, 1.54) is 5.69 Å². The second-order valence-electron chi connectivity index (χ2n) is 7.01. The number of guanidine groups is 1. The number of hydrogen-bond donors (Lipinski definition) is 2. The number of benzene rings is 1. The molecule has 0 atom stereocenters. The first-order valence-electron chi connectivity index (χ1n) is 9.58. The van der Waals surface area contributed by atoms with E-state index in [-0.39, 0.29) is 0 Å². The summed E-state index contributed by atoms with van der Waals surface area (Å²) in [6.45, 7) is 7.73. The molecule has 1 fully saturated rings. The Morgan fingerprint density at radius 1 is 1.19 bits per heavy atom. The Hall–Kier alpha value is -1.72. The minimum Gasteiger partial charge on any atom is -0.369 e. The first-order valence-corrected chi connectivity index (χ1v) is 9.96. The second-order valence-corrected chi connectivity index (χ2v) is 7.41. The second kappa shape index (κ2) is 9.28. The van der Waals surface area contributed by atoms with Gasteiger partial charge in [0.1, 0.15) is 0 Å². The molecule has 0 spiro atoms. The lowest BCUT2D eigenvalue weighted by Crippen LogP contribution is -2.45. The van der Waals surface area contributed by atoms with E-state index in [1.54, 1.807) is 0 Å². The highest BCUT2D eigenvalue weighted by molar-refractivity contribution is 6.31. The zero-order valence-electron chi connectivity index (χ0n) is 15.8. The molecule has 5 nitrogen and oxygen atoms in total. The lowest BCUT2D eigenvalue weighted by Gasteiger charge is -2.35. The normalized spacial score (nSPS) is 19.2. The molecule has 26 heavy (non-hydrogen) atoms. The SMILES string of the molecule is CCNC(=NCc1c(Cl)cccc1N1CCN(C)CC1)NC1CC=CC1. The molecule has 0 radical (unpaired) electrons. The van der Waals surface area contributed by atoms with Crippen molar-refractivity contribution in [3.05, 3.63) is 40.9 Å². The number of nitrogens with one attached hydrogen (secondary N) is 2. The Balaban J connectivity index is 1.74. The van der Waals surface area contributed by atoms with Crippen LogP contribution in [-0.2, 0) is 6.54 Å². The Morgan fingerprint density at radius 2 is 1.92 bits per heavy atom. The third kappa shape index (κ3) is 4.92. The topological polar surface area (TPSA) is 42.9 Å². The van der Waals surface area contributed by atoms with E-state index in [9.17, 15) is 0 Å². The van der Waals surface area contributed by atoms with E-state index in [0.717, 1.165) is 62.1 Å². The van der Waals surface area contributed by atoms with Gasteiger partial charge in [-0.05, 0) is 38.9 Å². The summed E-state index contributed by atoms with van der Waals surface area (Å²) in [5.41, 5.74) is 2.33. The van der Waals surface area contributed by atoms with E-state index in [2.05, 4.69) is 52.6 Å². The van der Waals surface area contributed by atoms with Crippen LogP contribution in [0, 0.1) is 0 Å². The monoisotopic (exact) mass is 375 g/mol. The fraction of sp³-hybridized carbons (Fsp3) is 0.550. The highest BCUT2D eigenvalue weighted by Crippen LogP contribution is 2.29. The van der Waals surface area contributed by atoms with Crippen molar-refractivity contribution in [2.45, 2.75) is 32.4 Å². The highest BCUT2D eigenvalue weighted by Gasteiger charge is 2.18. The molecule has 6 heteroatoms. The van der Waals surface area contributed by atoms with Gasteiger partial charge >= 0.3 is 0 Å². The molecule has 0 amide bonds. The van der Waals surface area contributed by atoms with Gasteiger partial charge in [-0.2, -0.15) is 0 Å². The number of anilines is 1. The van der Waals surface area contributed by atoms with Gasteiger partial charge in [0.2, 0.25) is 0 Å². The molecule has 2 aliphatic rings. The molecule has 2 N–H and O–H groups in total. The summed E-state index contributed by atoms with van der Waals surface area (Å²) in [5, 5.41) is 7.67. The minimum atomic E-state index is 0.441. The van der Waals surface area contributed by atoms with Gasteiger partial charge in [0, 0.05) is 55.0 Å². The fourth-order valence-electron chi connectivity index (χ4n) is 3.45. The predicted molar refractivity (Wildman–Crippen MR) is 111 cm³/mol. The van der Waals surface area contributed by atoms with Gasteiger partial charge in [-0.1, -0.05) is 29.8 Å². The zero-order valence-corrected chi connectivity index (χ0v) is 16.6. The number of hydrogen-bond acceptors (Lipinski definition) is 3. The summed E-state index contributed by atoms with van der Waals surface area (Å²) in [6, 6.07) is 6.61. The summed E-state index contributed by atoms with van der Waals surface area (Å²) < 4.78 is 0. The van der Waals surface area contributed by atoms with Gasteiger partial charge in [-0.3, -0.25) is 0 Å². The number of halogens is 1. The molecular weight excluding hydrogens is 346 g/mol. The van der Waals surface area contributed by atoms with E-state index in [0.29, 0.717) is 12.6 Å². The lowest BCUT2D eigenvalue weighted by atomic mass is 10.1. The molecular formula is C20H30ClN5. The summed E-state index contributed by atoms with van der Waals surface area (Å²) in [6.07, 6.45) is 6.56. The fourth-order valence-corrected chi connectivity index (χ4v) is 3.68. The molecule has 142 valence electrons. The van der Waals surface area contributed by atoms with Crippen LogP contribution in [-0.4, -0.2) is 56.7 Å². The van der Waals surface area contributed by atoms with Crippen molar-refractivity contribution in [2.75, 3.05) is 44.7 Å². The Morgan fingerprint density at radius 3 is 2.62 bits per heavy atom. The summed E-state index contributed by atoms with van der Waals surface area (Å²) in [4.78, 5) is 9.61. The molecule has 1 aliphatic heterocycles. The van der Waals surface area contributed by atoms with Crippen molar-refractivity contribution in [3.8, 4) is 0 Å². The van der Waals surface area contributed by atoms with Gasteiger partial charge in [-0.25, -0.2) is 4.99 Å². The molecule has 1 aliphatic carbocycles. The number of likely N-dealkylation sites (N-methyl/N-ethyl adjacent to an activating group) is 1. The van der Waals surface area contributed by atoms with Crippen LogP contribution in [0.5, 0.6) is 0 Å². The molecule has 1 aromatic carbocycles. The van der Waals surface area contributed by atoms with E-state index < -0.39 is 0 Å².